The van der Waals surface area contributed by atoms with Crippen molar-refractivity contribution in [2.75, 3.05) is 24.6 Å². The Labute approximate surface area is 135 Å². The van der Waals surface area contributed by atoms with Gasteiger partial charge in [0.2, 0.25) is 5.88 Å². The number of aromatic nitrogens is 3. The summed E-state index contributed by atoms with van der Waals surface area (Å²) in [5.74, 6) is 1.95. The molecule has 0 bridgehead atoms. The van der Waals surface area contributed by atoms with Gasteiger partial charge in [-0.05, 0) is 31.9 Å². The average molecular weight is 319 g/mol. The van der Waals surface area contributed by atoms with E-state index >= 15 is 0 Å². The first-order chi connectivity index (χ1) is 10.7. The third-order valence-electron chi connectivity index (χ3n) is 3.81. The van der Waals surface area contributed by atoms with Gasteiger partial charge in [-0.3, -0.25) is 0 Å². The molecule has 5 nitrogen and oxygen atoms in total. The monoisotopic (exact) mass is 318 g/mol. The average Bonchev–Trinajstić information content (AvgIpc) is 2.54. The van der Waals surface area contributed by atoms with Crippen LogP contribution in [0.4, 0.5) is 5.82 Å². The van der Waals surface area contributed by atoms with Crippen LogP contribution in [0.3, 0.4) is 0 Å². The minimum atomic E-state index is 0.446. The quantitative estimate of drug-likeness (QED) is 0.867. The second-order valence-electron chi connectivity index (χ2n) is 5.57. The molecule has 0 radical (unpaired) electrons. The highest BCUT2D eigenvalue weighted by Gasteiger charge is 2.22. The first kappa shape index (κ1) is 15.0. The van der Waals surface area contributed by atoms with Crippen LogP contribution in [-0.2, 0) is 0 Å². The van der Waals surface area contributed by atoms with Gasteiger partial charge in [-0.15, -0.1) is 0 Å². The van der Waals surface area contributed by atoms with Gasteiger partial charge in [0, 0.05) is 37.0 Å². The fourth-order valence-corrected chi connectivity index (χ4v) is 2.87. The summed E-state index contributed by atoms with van der Waals surface area (Å²) in [6.45, 7) is 4.56. The number of rotatable bonds is 4. The minimum Gasteiger partial charge on any atom is -0.476 e. The van der Waals surface area contributed by atoms with Gasteiger partial charge in [0.05, 0.1) is 6.61 Å². The Balaban J connectivity index is 1.60. The van der Waals surface area contributed by atoms with Gasteiger partial charge < -0.3 is 9.64 Å². The molecular formula is C16H19ClN4O. The fourth-order valence-electron chi connectivity index (χ4n) is 2.70. The summed E-state index contributed by atoms with van der Waals surface area (Å²) < 4.78 is 5.78. The first-order valence-corrected chi connectivity index (χ1v) is 7.87. The van der Waals surface area contributed by atoms with Crippen LogP contribution in [0, 0.1) is 12.8 Å². The number of aryl methyl sites for hydroxylation is 1. The van der Waals surface area contributed by atoms with Crippen LogP contribution in [0.25, 0.3) is 0 Å². The van der Waals surface area contributed by atoms with Crippen LogP contribution < -0.4 is 9.64 Å². The Morgan fingerprint density at radius 3 is 3.09 bits per heavy atom. The van der Waals surface area contributed by atoms with Crippen LogP contribution in [0.1, 0.15) is 18.5 Å². The standard InChI is InChI=1S/C16H19ClN4O/c1-12-8-15(20-11-19-12)21-7-3-4-13(9-21)10-22-16-14(17)5-2-6-18-16/h2,5-6,8,11,13H,3-4,7,9-10H2,1H3. The van der Waals surface area contributed by atoms with Gasteiger partial charge in [-0.2, -0.15) is 0 Å². The molecule has 1 aliphatic rings. The number of hydrogen-bond acceptors (Lipinski definition) is 5. The van der Waals surface area contributed by atoms with Gasteiger partial charge in [-0.25, -0.2) is 15.0 Å². The van der Waals surface area contributed by atoms with Gasteiger partial charge in [0.15, 0.2) is 0 Å². The lowest BCUT2D eigenvalue weighted by molar-refractivity contribution is 0.221. The van der Waals surface area contributed by atoms with Crippen molar-refractivity contribution < 1.29 is 4.74 Å². The summed E-state index contributed by atoms with van der Waals surface area (Å²) in [7, 11) is 0. The summed E-state index contributed by atoms with van der Waals surface area (Å²) in [6.07, 6.45) is 5.59. The number of anilines is 1. The lowest BCUT2D eigenvalue weighted by Crippen LogP contribution is -2.38. The zero-order valence-corrected chi connectivity index (χ0v) is 13.3. The Hall–Kier alpha value is -1.88. The molecule has 22 heavy (non-hydrogen) atoms. The van der Waals surface area contributed by atoms with Gasteiger partial charge in [0.1, 0.15) is 17.2 Å². The van der Waals surface area contributed by atoms with E-state index in [1.807, 2.05) is 13.0 Å². The molecule has 1 saturated heterocycles. The molecular weight excluding hydrogens is 300 g/mol. The summed E-state index contributed by atoms with van der Waals surface area (Å²) in [5.41, 5.74) is 0.989. The molecule has 6 heteroatoms. The molecule has 116 valence electrons. The summed E-state index contributed by atoms with van der Waals surface area (Å²) >= 11 is 6.07. The van der Waals surface area contributed by atoms with Crippen molar-refractivity contribution in [1.29, 1.82) is 0 Å². The van der Waals surface area contributed by atoms with Crippen LogP contribution in [0.15, 0.2) is 30.7 Å². The van der Waals surface area contributed by atoms with Crippen LogP contribution in [0.5, 0.6) is 5.88 Å². The number of halogens is 1. The Morgan fingerprint density at radius 1 is 1.36 bits per heavy atom. The smallest absolute Gasteiger partial charge is 0.232 e. The van der Waals surface area contributed by atoms with Crippen molar-refractivity contribution in [1.82, 2.24) is 15.0 Å². The summed E-state index contributed by atoms with van der Waals surface area (Å²) in [4.78, 5) is 15.0. The third-order valence-corrected chi connectivity index (χ3v) is 4.10. The lowest BCUT2D eigenvalue weighted by Gasteiger charge is -2.33. The molecule has 0 spiro atoms. The van der Waals surface area contributed by atoms with E-state index in [9.17, 15) is 0 Å². The molecule has 2 aromatic rings. The second-order valence-corrected chi connectivity index (χ2v) is 5.98. The molecule has 1 atom stereocenters. The fraction of sp³-hybridized carbons (Fsp3) is 0.438. The predicted octanol–water partition coefficient (Wildman–Crippen LogP) is 3.13. The molecule has 1 fully saturated rings. The topological polar surface area (TPSA) is 51.1 Å². The van der Waals surface area contributed by atoms with Crippen LogP contribution >= 0.6 is 11.6 Å². The Morgan fingerprint density at radius 2 is 2.27 bits per heavy atom. The molecule has 1 aliphatic heterocycles. The number of ether oxygens (including phenoxy) is 1. The maximum absolute atomic E-state index is 6.07. The van der Waals surface area contributed by atoms with Crippen molar-refractivity contribution in [3.05, 3.63) is 41.4 Å². The second kappa shape index (κ2) is 6.92. The number of hydrogen-bond donors (Lipinski definition) is 0. The van der Waals surface area contributed by atoms with E-state index in [0.29, 0.717) is 23.4 Å². The molecule has 3 rings (SSSR count). The molecule has 0 N–H and O–H groups in total. The highest BCUT2D eigenvalue weighted by molar-refractivity contribution is 6.31. The van der Waals surface area contributed by atoms with Gasteiger partial charge in [-0.1, -0.05) is 11.6 Å². The van der Waals surface area contributed by atoms with Crippen molar-refractivity contribution in [3.63, 3.8) is 0 Å². The molecule has 0 saturated carbocycles. The Bertz CT molecular complexity index is 637. The van der Waals surface area contributed by atoms with Crippen molar-refractivity contribution >= 4 is 17.4 Å². The number of pyridine rings is 1. The Kier molecular flexibility index (Phi) is 4.73. The molecule has 1 unspecified atom stereocenters. The molecule has 0 aromatic carbocycles. The molecule has 2 aromatic heterocycles. The molecule has 3 heterocycles. The molecule has 0 aliphatic carbocycles. The van der Waals surface area contributed by atoms with Crippen molar-refractivity contribution in [3.8, 4) is 5.88 Å². The zero-order chi connectivity index (χ0) is 15.4. The maximum atomic E-state index is 6.07. The highest BCUT2D eigenvalue weighted by atomic mass is 35.5. The first-order valence-electron chi connectivity index (χ1n) is 7.49. The van der Waals surface area contributed by atoms with E-state index < -0.39 is 0 Å². The van der Waals surface area contributed by atoms with E-state index in [1.165, 1.54) is 0 Å². The van der Waals surface area contributed by atoms with E-state index in [2.05, 4.69) is 19.9 Å². The van der Waals surface area contributed by atoms with Crippen LogP contribution in [-0.4, -0.2) is 34.6 Å². The molecule has 0 amide bonds. The summed E-state index contributed by atoms with van der Waals surface area (Å²) in [6, 6.07) is 5.62. The van der Waals surface area contributed by atoms with E-state index in [1.54, 1.807) is 24.7 Å². The van der Waals surface area contributed by atoms with Crippen molar-refractivity contribution in [2.24, 2.45) is 5.92 Å². The zero-order valence-electron chi connectivity index (χ0n) is 12.6. The predicted molar refractivity (Wildman–Crippen MR) is 86.4 cm³/mol. The van der Waals surface area contributed by atoms with E-state index in [-0.39, 0.29) is 0 Å². The lowest BCUT2D eigenvalue weighted by atomic mass is 9.99. The maximum Gasteiger partial charge on any atom is 0.232 e. The van der Waals surface area contributed by atoms with E-state index in [4.69, 9.17) is 16.3 Å². The largest absolute Gasteiger partial charge is 0.476 e. The van der Waals surface area contributed by atoms with Gasteiger partial charge >= 0.3 is 0 Å². The van der Waals surface area contributed by atoms with Crippen molar-refractivity contribution in [2.45, 2.75) is 19.8 Å². The highest BCUT2D eigenvalue weighted by Crippen LogP contribution is 2.24. The number of piperidine rings is 1. The third kappa shape index (κ3) is 3.65. The summed E-state index contributed by atoms with van der Waals surface area (Å²) in [5, 5.41) is 0.557. The van der Waals surface area contributed by atoms with Gasteiger partial charge in [0.25, 0.3) is 0 Å². The SMILES string of the molecule is Cc1cc(N2CCCC(COc3ncccc3Cl)C2)ncn1. The van der Waals surface area contributed by atoms with E-state index in [0.717, 1.165) is 37.4 Å². The normalized spacial score (nSPS) is 18.3. The minimum absolute atomic E-state index is 0.446. The number of nitrogens with zero attached hydrogens (tertiary/aromatic N) is 4. The van der Waals surface area contributed by atoms with Crippen LogP contribution in [0.2, 0.25) is 5.02 Å².